The van der Waals surface area contributed by atoms with Crippen molar-refractivity contribution < 1.29 is 86.7 Å². The second-order valence-electron chi connectivity index (χ2n) is 27.9. The van der Waals surface area contributed by atoms with Crippen LogP contribution < -0.4 is 32.7 Å². The number of carbonyl (C=O) groups is 12. The molecule has 4 aromatic carbocycles. The number of esters is 4. The van der Waals surface area contributed by atoms with Gasteiger partial charge in [0.15, 0.2) is 11.6 Å². The third-order valence-corrected chi connectivity index (χ3v) is 19.3. The van der Waals surface area contributed by atoms with Crippen LogP contribution in [0.4, 0.5) is 0 Å². The van der Waals surface area contributed by atoms with Gasteiger partial charge in [0.05, 0.1) is 50.8 Å². The molecular weight excluding hydrogens is 1570 g/mol. The molecule has 10 N–H and O–H groups in total. The highest BCUT2D eigenvalue weighted by atomic mass is 35.5. The van der Waals surface area contributed by atoms with Crippen molar-refractivity contribution in [3.8, 4) is 0 Å². The van der Waals surface area contributed by atoms with Crippen LogP contribution in [-0.4, -0.2) is 195 Å². The van der Waals surface area contributed by atoms with Crippen molar-refractivity contribution in [3.63, 3.8) is 0 Å². The van der Waals surface area contributed by atoms with Crippen molar-refractivity contribution in [1.29, 1.82) is 0 Å². The third-order valence-electron chi connectivity index (χ3n) is 13.7. The number of carbonyl (C=O) groups excluding carboxylic acids is 10. The molecular formula is C82H132BCl2N6O18S4. The quantitative estimate of drug-likeness (QED) is 0.0119. The van der Waals surface area contributed by atoms with E-state index in [9.17, 15) is 57.5 Å². The molecule has 0 aliphatic heterocycles. The standard InChI is InChI=1S/C22H33NO4S.C19H27NO4S.C12H15NO3.C9H9NO3.2C9H19NO2S.2CH4.B.2ClH/c1-6-20(25)23-18(13-16-11-9-8-10-12-16)19(24)14-17(21(26)27-7-2)15-28-22(3,4)5;1-5-24-18(23)15(13-25-19(2,3)4)11-16(21)12-20-17(22)14-9-7-6-8-10-14;1-2-11(14)13-10(12(15)16)8-9-6-4-3-5-7-9;11-8(12)6-10-9(13)7-4-2-1-3-5-7;2*1-5-12-8(11)7(10)6-13-9(2,3)4;;;;;/h8-12,17-18H,6-7,13-15H2,1-5H3,(H,23,25);6-10,15H,5,11-13H2,1-4H3,(H,20,22);3-7,10H,2,8H2,1H3,(H,13,14)(H,15,16);1-5H,6H2,(H,10,13)(H,11,12);2*7H,5-6,10H2,1-4H3;2*1H4;;2*1H/t17-,18-;15-;10-;;2*7-;;;;;/m000.00...../s1. The number of carboxylic acids is 2. The van der Waals surface area contributed by atoms with Crippen molar-refractivity contribution in [3.05, 3.63) is 144 Å². The molecule has 4 aromatic rings. The molecule has 24 nitrogen and oxygen atoms in total. The minimum atomic E-state index is -1.05. The topological polar surface area (TPSA) is 382 Å². The summed E-state index contributed by atoms with van der Waals surface area (Å²) in [6, 6.07) is 33.5. The Kier molecular flexibility index (Phi) is 69.7. The Balaban J connectivity index is -0.000000243. The van der Waals surface area contributed by atoms with Gasteiger partial charge in [-0.05, 0) is 69.5 Å². The van der Waals surface area contributed by atoms with Crippen molar-refractivity contribution in [2.75, 3.05) is 62.5 Å². The number of thioether (sulfide) groups is 4. The number of aliphatic carboxylic acids is 2. The zero-order valence-electron chi connectivity index (χ0n) is 67.9. The first-order valence-electron chi connectivity index (χ1n) is 36.0. The lowest BCUT2D eigenvalue weighted by molar-refractivity contribution is -0.149. The summed E-state index contributed by atoms with van der Waals surface area (Å²) >= 11 is 6.59. The number of halogens is 2. The molecule has 113 heavy (non-hydrogen) atoms. The van der Waals surface area contributed by atoms with Gasteiger partial charge in [0.2, 0.25) is 11.8 Å². The maximum atomic E-state index is 13.0. The molecule has 0 heterocycles. The van der Waals surface area contributed by atoms with Crippen LogP contribution in [0.1, 0.15) is 197 Å². The summed E-state index contributed by atoms with van der Waals surface area (Å²) in [6.07, 6.45) is 1.44. The van der Waals surface area contributed by atoms with Gasteiger partial charge >= 0.3 is 35.8 Å². The predicted molar refractivity (Wildman–Crippen MR) is 469 cm³/mol. The van der Waals surface area contributed by atoms with Crippen molar-refractivity contribution >= 4 is 151 Å². The molecule has 3 radical (unpaired) electrons. The second-order valence-corrected chi connectivity index (χ2v) is 35.3. The van der Waals surface area contributed by atoms with E-state index in [0.717, 1.165) is 11.1 Å². The number of Topliss-reactive ketones (excluding diaryl/α,β-unsaturated/α-hetero) is 2. The second kappa shape index (κ2) is 66.1. The summed E-state index contributed by atoms with van der Waals surface area (Å²) in [5.41, 5.74) is 14.1. The third kappa shape index (κ3) is 64.8. The average molecular weight is 1700 g/mol. The molecule has 0 aromatic heterocycles. The maximum Gasteiger partial charge on any atom is 0.326 e. The molecule has 0 aliphatic rings. The predicted octanol–water partition coefficient (Wildman–Crippen LogP) is 13.1. The first-order valence-corrected chi connectivity index (χ1v) is 39.9. The number of nitrogens with two attached hydrogens (primary N) is 2. The Hall–Kier alpha value is -7.12. The van der Waals surface area contributed by atoms with Crippen molar-refractivity contribution in [2.24, 2.45) is 23.3 Å². The number of nitrogens with one attached hydrogen (secondary N) is 4. The summed E-state index contributed by atoms with van der Waals surface area (Å²) in [6.45, 7) is 36.4. The highest BCUT2D eigenvalue weighted by Gasteiger charge is 2.31. The van der Waals surface area contributed by atoms with Crippen LogP contribution in [0.2, 0.25) is 0 Å². The van der Waals surface area contributed by atoms with E-state index in [1.54, 1.807) is 143 Å². The maximum absolute atomic E-state index is 13.0. The lowest BCUT2D eigenvalue weighted by Gasteiger charge is -2.23. The molecule has 0 bridgehead atoms. The number of benzene rings is 4. The zero-order valence-corrected chi connectivity index (χ0v) is 72.8. The number of ether oxygens (including phenoxy) is 4. The van der Waals surface area contributed by atoms with Crippen LogP contribution in [0, 0.1) is 11.8 Å². The number of hydrogen-bond acceptors (Lipinski definition) is 22. The minimum absolute atomic E-state index is 0. The van der Waals surface area contributed by atoms with Gasteiger partial charge in [-0.15, -0.1) is 24.8 Å². The molecule has 31 heteroatoms. The Morgan fingerprint density at radius 1 is 0.407 bits per heavy atom. The van der Waals surface area contributed by atoms with E-state index in [4.69, 9.17) is 40.6 Å². The highest BCUT2D eigenvalue weighted by Crippen LogP contribution is 2.30. The molecule has 0 aliphatic carbocycles. The van der Waals surface area contributed by atoms with Gasteiger partial charge in [-0.25, -0.2) is 4.79 Å². The smallest absolute Gasteiger partial charge is 0.326 e. The largest absolute Gasteiger partial charge is 0.480 e. The van der Waals surface area contributed by atoms with Gasteiger partial charge in [-0.3, -0.25) is 52.7 Å². The van der Waals surface area contributed by atoms with Crippen LogP contribution >= 0.6 is 71.9 Å². The van der Waals surface area contributed by atoms with Gasteiger partial charge in [-0.2, -0.15) is 47.0 Å². The van der Waals surface area contributed by atoms with E-state index < -0.39 is 47.9 Å². The Bertz CT molecular complexity index is 3280. The molecule has 6 atom stereocenters. The molecule has 0 fully saturated rings. The molecule has 639 valence electrons. The minimum Gasteiger partial charge on any atom is -0.480 e. The number of carboxylic acid groups (broad SMARTS) is 2. The van der Waals surface area contributed by atoms with E-state index in [1.807, 2.05) is 66.7 Å². The monoisotopic (exact) mass is 1700 g/mol. The van der Waals surface area contributed by atoms with E-state index in [0.29, 0.717) is 73.0 Å². The average Bonchev–Trinajstić information content (AvgIpc) is 0.873. The van der Waals surface area contributed by atoms with E-state index in [1.165, 1.54) is 0 Å². The lowest BCUT2D eigenvalue weighted by atomic mass is 9.95. The number of rotatable bonds is 36. The van der Waals surface area contributed by atoms with Crippen LogP contribution in [-0.2, 0) is 79.7 Å². The summed E-state index contributed by atoms with van der Waals surface area (Å²) in [5, 5.41) is 27.4. The fourth-order valence-corrected chi connectivity index (χ4v) is 11.7. The normalized spacial score (nSPS) is 12.0. The van der Waals surface area contributed by atoms with Crippen LogP contribution in [0.3, 0.4) is 0 Å². The fourth-order valence-electron chi connectivity index (χ4n) is 8.14. The van der Waals surface area contributed by atoms with Gasteiger partial charge in [-0.1, -0.05) is 209 Å². The molecule has 0 saturated carbocycles. The summed E-state index contributed by atoms with van der Waals surface area (Å²) in [5.74, 6) is -3.57. The number of amides is 4. The van der Waals surface area contributed by atoms with Crippen molar-refractivity contribution in [1.82, 2.24) is 21.3 Å². The first-order chi connectivity index (χ1) is 50.4. The summed E-state index contributed by atoms with van der Waals surface area (Å²) in [4.78, 5) is 139. The molecule has 0 spiro atoms. The van der Waals surface area contributed by atoms with Gasteiger partial charge in [0.25, 0.3) is 11.8 Å². The lowest BCUT2D eigenvalue weighted by Crippen LogP contribution is -2.43. The van der Waals surface area contributed by atoms with Crippen LogP contribution in [0.15, 0.2) is 121 Å². The van der Waals surface area contributed by atoms with E-state index >= 15 is 0 Å². The number of ketones is 2. The molecule has 4 rings (SSSR count). The van der Waals surface area contributed by atoms with E-state index in [2.05, 4.69) is 104 Å². The zero-order chi connectivity index (χ0) is 82.6. The Morgan fingerprint density at radius 3 is 0.991 bits per heavy atom. The van der Waals surface area contributed by atoms with Gasteiger partial charge in [0.1, 0.15) is 24.7 Å². The first kappa shape index (κ1) is 119. The molecule has 0 saturated heterocycles. The molecule has 0 unspecified atom stereocenters. The van der Waals surface area contributed by atoms with E-state index in [-0.39, 0.29) is 165 Å². The van der Waals surface area contributed by atoms with Crippen LogP contribution in [0.25, 0.3) is 0 Å². The highest BCUT2D eigenvalue weighted by molar-refractivity contribution is 8.01. The summed E-state index contributed by atoms with van der Waals surface area (Å²) < 4.78 is 20.1. The fraction of sp³-hybridized carbons (Fsp3) is 0.561. The van der Waals surface area contributed by atoms with Gasteiger partial charge in [0, 0.05) is 93.6 Å². The van der Waals surface area contributed by atoms with Crippen LogP contribution in [0.5, 0.6) is 0 Å². The van der Waals surface area contributed by atoms with Gasteiger partial charge < -0.3 is 61.9 Å². The Labute approximate surface area is 705 Å². The SMILES string of the molecule is C.C.CCC(=O)N[C@@H](Cc1ccccc1)C(=O)O.CCOC(=O)[C@@H](N)CSC(C)(C)C.CCOC(=O)[C@@H](N)CSC(C)(C)C.CCOC(=O)[C@H](CSC(C)(C)C)CC(=O)CNC(=O)c1ccccc1.CCOC(=O)[C@H](CSC(C)(C)C)CC(=O)[C@H](Cc1ccccc1)NC(=O)CC.Cl.Cl.O=C(O)CNC(=O)c1ccccc1.[B]. The number of hydrogen-bond donors (Lipinski definition) is 8. The van der Waals surface area contributed by atoms with Crippen molar-refractivity contribution in [2.45, 2.75) is 221 Å². The molecule has 4 amide bonds. The Morgan fingerprint density at radius 2 is 0.690 bits per heavy atom. The summed E-state index contributed by atoms with van der Waals surface area (Å²) in [7, 11) is 0.